The Hall–Kier alpha value is -1.75. The average molecular weight is 257 g/mol. The van der Waals surface area contributed by atoms with Crippen molar-refractivity contribution in [1.29, 1.82) is 0 Å². The standard InChI is InChI=1S/C11H13ClN2O3/c1-17-11(16)14-6-5-13-10(15)8-3-2-4-9(12)7-8/h2-4,7H,5-6H2,1H3,(H,13,15)(H,14,16). The van der Waals surface area contributed by atoms with E-state index in [-0.39, 0.29) is 5.91 Å². The van der Waals surface area contributed by atoms with Crippen molar-refractivity contribution < 1.29 is 14.3 Å². The molecule has 6 heteroatoms. The molecule has 2 N–H and O–H groups in total. The maximum absolute atomic E-state index is 11.6. The highest BCUT2D eigenvalue weighted by Crippen LogP contribution is 2.10. The normalized spacial score (nSPS) is 9.53. The monoisotopic (exact) mass is 256 g/mol. The zero-order valence-electron chi connectivity index (χ0n) is 9.33. The molecule has 17 heavy (non-hydrogen) atoms. The third-order valence-corrected chi connectivity index (χ3v) is 2.19. The molecule has 0 aliphatic heterocycles. The van der Waals surface area contributed by atoms with Gasteiger partial charge in [0.05, 0.1) is 7.11 Å². The van der Waals surface area contributed by atoms with Gasteiger partial charge in [-0.15, -0.1) is 0 Å². The summed E-state index contributed by atoms with van der Waals surface area (Å²) in [7, 11) is 1.28. The van der Waals surface area contributed by atoms with Gasteiger partial charge in [0.2, 0.25) is 0 Å². The number of benzene rings is 1. The minimum atomic E-state index is -0.526. The Morgan fingerprint density at radius 1 is 1.29 bits per heavy atom. The fraction of sp³-hybridized carbons (Fsp3) is 0.273. The van der Waals surface area contributed by atoms with Gasteiger partial charge in [0.1, 0.15) is 0 Å². The summed E-state index contributed by atoms with van der Waals surface area (Å²) in [5.41, 5.74) is 0.482. The van der Waals surface area contributed by atoms with Crippen molar-refractivity contribution in [1.82, 2.24) is 10.6 Å². The van der Waals surface area contributed by atoms with Crippen LogP contribution >= 0.6 is 11.6 Å². The molecule has 0 aromatic heterocycles. The molecular weight excluding hydrogens is 244 g/mol. The summed E-state index contributed by atoms with van der Waals surface area (Å²) in [6.07, 6.45) is -0.526. The predicted molar refractivity (Wildman–Crippen MR) is 64.2 cm³/mol. The van der Waals surface area contributed by atoms with Crippen LogP contribution in [0.15, 0.2) is 24.3 Å². The lowest BCUT2D eigenvalue weighted by molar-refractivity contribution is 0.0953. The van der Waals surface area contributed by atoms with Gasteiger partial charge in [-0.05, 0) is 18.2 Å². The quantitative estimate of drug-likeness (QED) is 0.801. The maximum Gasteiger partial charge on any atom is 0.406 e. The molecule has 1 aromatic rings. The van der Waals surface area contributed by atoms with E-state index in [9.17, 15) is 9.59 Å². The molecular formula is C11H13ClN2O3. The van der Waals surface area contributed by atoms with Crippen LogP contribution in [0.25, 0.3) is 0 Å². The van der Waals surface area contributed by atoms with Crippen LogP contribution in [0.1, 0.15) is 10.4 Å². The fourth-order valence-electron chi connectivity index (χ4n) is 1.14. The van der Waals surface area contributed by atoms with Gasteiger partial charge in [0.25, 0.3) is 5.91 Å². The van der Waals surface area contributed by atoms with E-state index in [0.717, 1.165) is 0 Å². The summed E-state index contributed by atoms with van der Waals surface area (Å²) >= 11 is 5.76. The highest BCUT2D eigenvalue weighted by Gasteiger charge is 2.05. The molecule has 0 aliphatic carbocycles. The van der Waals surface area contributed by atoms with E-state index in [1.807, 2.05) is 0 Å². The smallest absolute Gasteiger partial charge is 0.406 e. The van der Waals surface area contributed by atoms with Gasteiger partial charge in [0.15, 0.2) is 0 Å². The number of halogens is 1. The first kappa shape index (κ1) is 13.3. The molecule has 0 saturated heterocycles. The van der Waals surface area contributed by atoms with Gasteiger partial charge >= 0.3 is 6.09 Å². The first-order valence-corrected chi connectivity index (χ1v) is 5.37. The number of nitrogens with one attached hydrogen (secondary N) is 2. The zero-order valence-corrected chi connectivity index (χ0v) is 10.1. The number of rotatable bonds is 4. The van der Waals surface area contributed by atoms with Crippen LogP contribution in [0.3, 0.4) is 0 Å². The summed E-state index contributed by atoms with van der Waals surface area (Å²) in [5, 5.41) is 5.59. The molecule has 0 heterocycles. The van der Waals surface area contributed by atoms with Crippen LogP contribution in [-0.4, -0.2) is 32.2 Å². The molecule has 0 unspecified atom stereocenters. The Morgan fingerprint density at radius 3 is 2.65 bits per heavy atom. The second-order valence-corrected chi connectivity index (χ2v) is 3.62. The van der Waals surface area contributed by atoms with Crippen LogP contribution in [0, 0.1) is 0 Å². The summed E-state index contributed by atoms with van der Waals surface area (Å²) in [6, 6.07) is 6.63. The van der Waals surface area contributed by atoms with Gasteiger partial charge < -0.3 is 15.4 Å². The molecule has 1 rings (SSSR count). The highest BCUT2D eigenvalue weighted by atomic mass is 35.5. The Bertz CT molecular complexity index is 409. The maximum atomic E-state index is 11.6. The van der Waals surface area contributed by atoms with Crippen LogP contribution in [0.2, 0.25) is 5.02 Å². The number of alkyl carbamates (subject to hydrolysis) is 1. The van der Waals surface area contributed by atoms with Crippen LogP contribution in [-0.2, 0) is 4.74 Å². The number of hydrogen-bond donors (Lipinski definition) is 2. The third kappa shape index (κ3) is 4.74. The van der Waals surface area contributed by atoms with E-state index >= 15 is 0 Å². The van der Waals surface area contributed by atoms with Gasteiger partial charge in [-0.2, -0.15) is 0 Å². The number of methoxy groups -OCH3 is 1. The molecule has 5 nitrogen and oxygen atoms in total. The summed E-state index contributed by atoms with van der Waals surface area (Å²) in [4.78, 5) is 22.3. The van der Waals surface area contributed by atoms with E-state index in [1.165, 1.54) is 7.11 Å². The summed E-state index contributed by atoms with van der Waals surface area (Å²) < 4.78 is 4.38. The Morgan fingerprint density at radius 2 is 2.00 bits per heavy atom. The summed E-state index contributed by atoms with van der Waals surface area (Å²) in [5.74, 6) is -0.237. The first-order valence-electron chi connectivity index (χ1n) is 4.99. The molecule has 0 radical (unpaired) electrons. The van der Waals surface area contributed by atoms with Crippen molar-refractivity contribution >= 4 is 23.6 Å². The van der Waals surface area contributed by atoms with Crippen LogP contribution in [0.5, 0.6) is 0 Å². The van der Waals surface area contributed by atoms with Gasteiger partial charge in [0, 0.05) is 23.7 Å². The van der Waals surface area contributed by atoms with Crippen molar-refractivity contribution in [2.75, 3.05) is 20.2 Å². The second-order valence-electron chi connectivity index (χ2n) is 3.18. The van der Waals surface area contributed by atoms with Crippen LogP contribution in [0.4, 0.5) is 4.79 Å². The van der Waals surface area contributed by atoms with E-state index < -0.39 is 6.09 Å². The minimum Gasteiger partial charge on any atom is -0.453 e. The Kier molecular flexibility index (Phi) is 5.29. The number of amides is 2. The minimum absolute atomic E-state index is 0.237. The Labute approximate surface area is 104 Å². The molecule has 0 atom stereocenters. The molecule has 0 bridgehead atoms. The van der Waals surface area contributed by atoms with Crippen molar-refractivity contribution in [3.8, 4) is 0 Å². The molecule has 0 aliphatic rings. The second kappa shape index (κ2) is 6.75. The molecule has 92 valence electrons. The van der Waals surface area contributed by atoms with Crippen molar-refractivity contribution in [3.63, 3.8) is 0 Å². The summed E-state index contributed by atoms with van der Waals surface area (Å²) in [6.45, 7) is 0.624. The fourth-order valence-corrected chi connectivity index (χ4v) is 1.33. The molecule has 2 amide bonds. The average Bonchev–Trinajstić information content (AvgIpc) is 2.34. The van der Waals surface area contributed by atoms with E-state index in [1.54, 1.807) is 24.3 Å². The van der Waals surface area contributed by atoms with Gasteiger partial charge in [-0.25, -0.2) is 4.79 Å². The van der Waals surface area contributed by atoms with Crippen molar-refractivity contribution in [2.24, 2.45) is 0 Å². The first-order chi connectivity index (χ1) is 8.13. The lowest BCUT2D eigenvalue weighted by Gasteiger charge is -2.06. The lowest BCUT2D eigenvalue weighted by Crippen LogP contribution is -2.34. The molecule has 1 aromatic carbocycles. The predicted octanol–water partition coefficient (Wildman–Crippen LogP) is 1.43. The third-order valence-electron chi connectivity index (χ3n) is 1.95. The Balaban J connectivity index is 2.33. The number of carbonyl (C=O) groups excluding carboxylic acids is 2. The number of hydrogen-bond acceptors (Lipinski definition) is 3. The van der Waals surface area contributed by atoms with Crippen molar-refractivity contribution in [3.05, 3.63) is 34.9 Å². The lowest BCUT2D eigenvalue weighted by atomic mass is 10.2. The SMILES string of the molecule is COC(=O)NCCNC(=O)c1cccc(Cl)c1. The van der Waals surface area contributed by atoms with E-state index in [2.05, 4.69) is 15.4 Å². The van der Waals surface area contributed by atoms with Crippen molar-refractivity contribution in [2.45, 2.75) is 0 Å². The number of ether oxygens (including phenoxy) is 1. The van der Waals surface area contributed by atoms with Crippen LogP contribution < -0.4 is 10.6 Å². The van der Waals surface area contributed by atoms with E-state index in [4.69, 9.17) is 11.6 Å². The van der Waals surface area contributed by atoms with Gasteiger partial charge in [-0.3, -0.25) is 4.79 Å². The number of carbonyl (C=O) groups is 2. The molecule has 0 saturated carbocycles. The van der Waals surface area contributed by atoms with Gasteiger partial charge in [-0.1, -0.05) is 17.7 Å². The topological polar surface area (TPSA) is 67.4 Å². The zero-order chi connectivity index (χ0) is 12.7. The molecule has 0 spiro atoms. The largest absolute Gasteiger partial charge is 0.453 e. The highest BCUT2D eigenvalue weighted by molar-refractivity contribution is 6.30. The van der Waals surface area contributed by atoms with E-state index in [0.29, 0.717) is 23.7 Å². The molecule has 0 fully saturated rings.